The number of carbonyl (C=O) groups excluding carboxylic acids is 1. The number of nitrogens with one attached hydrogen (secondary N) is 1. The van der Waals surface area contributed by atoms with E-state index < -0.39 is 0 Å². The summed E-state index contributed by atoms with van der Waals surface area (Å²) in [5, 5.41) is 2.80. The third-order valence-electron chi connectivity index (χ3n) is 2.73. The summed E-state index contributed by atoms with van der Waals surface area (Å²) in [6, 6.07) is 0.430. The first kappa shape index (κ1) is 11.3. The molecule has 1 saturated carbocycles. The van der Waals surface area contributed by atoms with Gasteiger partial charge in [0, 0.05) is 6.04 Å². The lowest BCUT2D eigenvalue weighted by molar-refractivity contribution is -0.109. The van der Waals surface area contributed by atoms with Crippen molar-refractivity contribution in [3.05, 3.63) is 12.2 Å². The van der Waals surface area contributed by atoms with Crippen LogP contribution in [0, 0.1) is 5.92 Å². The molecule has 1 rings (SSSR count). The molecule has 1 aliphatic carbocycles. The molecular weight excluding hydrogens is 174 g/mol. The highest BCUT2D eigenvalue weighted by atomic mass is 16.1. The standard InChI is InChI=1S/C12H21NO/c1-2-3-4-5-6-7-8-11-9-12(11)13-10-14/h7-8,10-12H,2-6,9H2,1H3,(H,13,14)/b8-7-/t11-,12?/m1/s1. The fourth-order valence-corrected chi connectivity index (χ4v) is 1.67. The van der Waals surface area contributed by atoms with E-state index >= 15 is 0 Å². The highest BCUT2D eigenvalue weighted by Crippen LogP contribution is 2.31. The molecule has 1 aliphatic rings. The smallest absolute Gasteiger partial charge is 0.207 e. The lowest BCUT2D eigenvalue weighted by atomic mass is 10.1. The summed E-state index contributed by atoms with van der Waals surface area (Å²) in [6.07, 6.45) is 13.0. The second-order valence-corrected chi connectivity index (χ2v) is 4.07. The molecule has 14 heavy (non-hydrogen) atoms. The second-order valence-electron chi connectivity index (χ2n) is 4.07. The SMILES string of the molecule is CCCCCC/C=C\[C@@H]1CC1NC=O. The van der Waals surface area contributed by atoms with Gasteiger partial charge in [-0.1, -0.05) is 38.3 Å². The quantitative estimate of drug-likeness (QED) is 0.360. The minimum absolute atomic E-state index is 0.430. The predicted molar refractivity (Wildman–Crippen MR) is 59.0 cm³/mol. The second kappa shape index (κ2) is 6.63. The lowest BCUT2D eigenvalue weighted by Crippen LogP contribution is -2.14. The monoisotopic (exact) mass is 195 g/mol. The van der Waals surface area contributed by atoms with Crippen LogP contribution in [0.3, 0.4) is 0 Å². The summed E-state index contributed by atoms with van der Waals surface area (Å²) < 4.78 is 0. The number of hydrogen-bond acceptors (Lipinski definition) is 1. The summed E-state index contributed by atoms with van der Waals surface area (Å²) in [6.45, 7) is 2.23. The molecule has 0 aromatic rings. The maximum atomic E-state index is 10.1. The van der Waals surface area contributed by atoms with Crippen LogP contribution in [-0.2, 0) is 4.79 Å². The normalized spacial score (nSPS) is 25.2. The molecular formula is C12H21NO. The van der Waals surface area contributed by atoms with Crippen molar-refractivity contribution >= 4 is 6.41 Å². The molecule has 2 heteroatoms. The largest absolute Gasteiger partial charge is 0.355 e. The number of hydrogen-bond donors (Lipinski definition) is 1. The third-order valence-corrected chi connectivity index (χ3v) is 2.73. The van der Waals surface area contributed by atoms with Crippen LogP contribution in [-0.4, -0.2) is 12.5 Å². The Morgan fingerprint density at radius 3 is 2.93 bits per heavy atom. The number of carbonyl (C=O) groups is 1. The zero-order valence-electron chi connectivity index (χ0n) is 9.04. The van der Waals surface area contributed by atoms with Crippen molar-refractivity contribution in [3.8, 4) is 0 Å². The molecule has 0 bridgehead atoms. The van der Waals surface area contributed by atoms with E-state index in [2.05, 4.69) is 24.4 Å². The first-order valence-electron chi connectivity index (χ1n) is 5.74. The molecule has 80 valence electrons. The molecule has 1 amide bonds. The van der Waals surface area contributed by atoms with E-state index in [0.717, 1.165) is 12.8 Å². The van der Waals surface area contributed by atoms with E-state index in [-0.39, 0.29) is 0 Å². The van der Waals surface area contributed by atoms with Gasteiger partial charge >= 0.3 is 0 Å². The van der Waals surface area contributed by atoms with Crippen molar-refractivity contribution in [2.75, 3.05) is 0 Å². The van der Waals surface area contributed by atoms with Gasteiger partial charge in [0.15, 0.2) is 0 Å². The van der Waals surface area contributed by atoms with E-state index in [0.29, 0.717) is 12.0 Å². The first-order chi connectivity index (χ1) is 6.88. The van der Waals surface area contributed by atoms with Crippen LogP contribution >= 0.6 is 0 Å². The van der Waals surface area contributed by atoms with Crippen molar-refractivity contribution in [2.45, 2.75) is 51.5 Å². The van der Waals surface area contributed by atoms with E-state index in [1.165, 1.54) is 32.1 Å². The Hall–Kier alpha value is -0.790. The van der Waals surface area contributed by atoms with Gasteiger partial charge in [-0.25, -0.2) is 0 Å². The van der Waals surface area contributed by atoms with Crippen molar-refractivity contribution in [1.29, 1.82) is 0 Å². The molecule has 1 fully saturated rings. The topological polar surface area (TPSA) is 29.1 Å². The zero-order chi connectivity index (χ0) is 10.2. The predicted octanol–water partition coefficient (Wildman–Crippen LogP) is 2.65. The average Bonchev–Trinajstić information content (AvgIpc) is 2.91. The molecule has 0 spiro atoms. The van der Waals surface area contributed by atoms with Gasteiger partial charge in [-0.3, -0.25) is 4.79 Å². The molecule has 1 N–H and O–H groups in total. The van der Waals surface area contributed by atoms with Crippen LogP contribution in [0.5, 0.6) is 0 Å². The molecule has 0 radical (unpaired) electrons. The van der Waals surface area contributed by atoms with Gasteiger partial charge in [0.05, 0.1) is 0 Å². The maximum absolute atomic E-state index is 10.1. The molecule has 0 aromatic carbocycles. The van der Waals surface area contributed by atoms with Crippen LogP contribution in [0.15, 0.2) is 12.2 Å². The van der Waals surface area contributed by atoms with Crippen molar-refractivity contribution in [3.63, 3.8) is 0 Å². The summed E-state index contributed by atoms with van der Waals surface area (Å²) in [5.41, 5.74) is 0. The minimum atomic E-state index is 0.430. The van der Waals surface area contributed by atoms with Crippen molar-refractivity contribution in [1.82, 2.24) is 5.32 Å². The number of amides is 1. The highest BCUT2D eigenvalue weighted by Gasteiger charge is 2.33. The van der Waals surface area contributed by atoms with Crippen LogP contribution in [0.4, 0.5) is 0 Å². The summed E-state index contributed by atoms with van der Waals surface area (Å²) >= 11 is 0. The van der Waals surface area contributed by atoms with Crippen LogP contribution in [0.2, 0.25) is 0 Å². The fourth-order valence-electron chi connectivity index (χ4n) is 1.67. The van der Waals surface area contributed by atoms with Crippen LogP contribution in [0.1, 0.15) is 45.4 Å². The van der Waals surface area contributed by atoms with Gasteiger partial charge < -0.3 is 5.32 Å². The van der Waals surface area contributed by atoms with Crippen molar-refractivity contribution in [2.24, 2.45) is 5.92 Å². The Morgan fingerprint density at radius 2 is 2.21 bits per heavy atom. The molecule has 0 aliphatic heterocycles. The Bertz CT molecular complexity index is 189. The van der Waals surface area contributed by atoms with E-state index in [1.807, 2.05) is 0 Å². The maximum Gasteiger partial charge on any atom is 0.207 e. The molecule has 0 aromatic heterocycles. The Morgan fingerprint density at radius 1 is 1.36 bits per heavy atom. The number of allylic oxidation sites excluding steroid dienone is 1. The van der Waals surface area contributed by atoms with Gasteiger partial charge in [-0.2, -0.15) is 0 Å². The van der Waals surface area contributed by atoms with E-state index in [4.69, 9.17) is 0 Å². The van der Waals surface area contributed by atoms with Crippen LogP contribution < -0.4 is 5.32 Å². The van der Waals surface area contributed by atoms with Gasteiger partial charge in [-0.05, 0) is 25.2 Å². The van der Waals surface area contributed by atoms with Gasteiger partial charge in [0.25, 0.3) is 0 Å². The molecule has 2 nitrogen and oxygen atoms in total. The van der Waals surface area contributed by atoms with E-state index in [9.17, 15) is 4.79 Å². The van der Waals surface area contributed by atoms with Crippen LogP contribution in [0.25, 0.3) is 0 Å². The summed E-state index contributed by atoms with van der Waals surface area (Å²) in [5.74, 6) is 0.617. The summed E-state index contributed by atoms with van der Waals surface area (Å²) in [4.78, 5) is 10.1. The molecule has 2 atom stereocenters. The number of unbranched alkanes of at least 4 members (excludes halogenated alkanes) is 4. The Labute approximate surface area is 86.8 Å². The van der Waals surface area contributed by atoms with Crippen molar-refractivity contribution < 1.29 is 4.79 Å². The summed E-state index contributed by atoms with van der Waals surface area (Å²) in [7, 11) is 0. The highest BCUT2D eigenvalue weighted by molar-refractivity contribution is 5.48. The Kier molecular flexibility index (Phi) is 5.35. The Balaban J connectivity index is 1.92. The lowest BCUT2D eigenvalue weighted by Gasteiger charge is -1.94. The van der Waals surface area contributed by atoms with Gasteiger partial charge in [0.2, 0.25) is 6.41 Å². The third kappa shape index (κ3) is 4.45. The molecule has 1 unspecified atom stereocenters. The number of rotatable bonds is 8. The zero-order valence-corrected chi connectivity index (χ0v) is 9.04. The van der Waals surface area contributed by atoms with Gasteiger partial charge in [0.1, 0.15) is 0 Å². The molecule has 0 heterocycles. The molecule has 0 saturated heterocycles. The van der Waals surface area contributed by atoms with E-state index in [1.54, 1.807) is 0 Å². The van der Waals surface area contributed by atoms with Gasteiger partial charge in [-0.15, -0.1) is 0 Å². The average molecular weight is 195 g/mol. The fraction of sp³-hybridized carbons (Fsp3) is 0.750. The minimum Gasteiger partial charge on any atom is -0.355 e. The first-order valence-corrected chi connectivity index (χ1v) is 5.74.